The smallest absolute Gasteiger partial charge is 0.119 e. The van der Waals surface area contributed by atoms with Gasteiger partial charge in [-0.1, -0.05) is 36.2 Å². The van der Waals surface area contributed by atoms with Gasteiger partial charge in [0.2, 0.25) is 0 Å². The van der Waals surface area contributed by atoms with Crippen molar-refractivity contribution in [2.75, 3.05) is 25.4 Å². The normalized spacial score (nSPS) is 15.9. The number of hydrogen-bond acceptors (Lipinski definition) is 4. The zero-order chi connectivity index (χ0) is 15.2. The van der Waals surface area contributed by atoms with Crippen molar-refractivity contribution < 1.29 is 0 Å². The third-order valence-corrected chi connectivity index (χ3v) is 4.99. The maximum atomic E-state index is 4.36. The van der Waals surface area contributed by atoms with Crippen LogP contribution in [0.1, 0.15) is 24.8 Å². The first-order chi connectivity index (χ1) is 10.8. The molecule has 0 aliphatic carbocycles. The predicted molar refractivity (Wildman–Crippen MR) is 93.2 cm³/mol. The first-order valence-corrected chi connectivity index (χ1v) is 9.06. The van der Waals surface area contributed by atoms with E-state index < -0.39 is 0 Å². The average molecular weight is 313 g/mol. The lowest BCUT2D eigenvalue weighted by molar-refractivity contribution is 0.242. The van der Waals surface area contributed by atoms with Gasteiger partial charge >= 0.3 is 0 Å². The monoisotopic (exact) mass is 313 g/mol. The maximum absolute atomic E-state index is 4.36. The number of aromatic nitrogens is 2. The highest BCUT2D eigenvalue weighted by Crippen LogP contribution is 2.20. The third-order valence-electron chi connectivity index (χ3n) is 4.09. The molecule has 1 saturated heterocycles. The molecule has 3 rings (SSSR count). The summed E-state index contributed by atoms with van der Waals surface area (Å²) in [7, 11) is 0. The molecule has 0 radical (unpaired) electrons. The van der Waals surface area contributed by atoms with E-state index in [0.717, 1.165) is 28.6 Å². The third kappa shape index (κ3) is 4.31. The number of piperidine rings is 1. The van der Waals surface area contributed by atoms with Crippen LogP contribution in [0.5, 0.6) is 0 Å². The van der Waals surface area contributed by atoms with Crippen LogP contribution in [-0.2, 0) is 0 Å². The summed E-state index contributed by atoms with van der Waals surface area (Å²) in [5.74, 6) is 1.10. The van der Waals surface area contributed by atoms with Crippen LogP contribution in [0.3, 0.4) is 0 Å². The Bertz CT molecular complexity index is 574. The van der Waals surface area contributed by atoms with Crippen LogP contribution in [-0.4, -0.2) is 40.5 Å². The Morgan fingerprint density at radius 3 is 2.41 bits per heavy atom. The number of nitrogens with zero attached hydrogens (tertiary/aromatic N) is 3. The van der Waals surface area contributed by atoms with E-state index in [-0.39, 0.29) is 0 Å². The number of rotatable bonds is 5. The Morgan fingerprint density at radius 2 is 1.73 bits per heavy atom. The summed E-state index contributed by atoms with van der Waals surface area (Å²) in [6, 6.07) is 12.6. The molecule has 4 heteroatoms. The summed E-state index contributed by atoms with van der Waals surface area (Å²) in [4.78, 5) is 2.56. The fourth-order valence-electron chi connectivity index (χ4n) is 2.74. The second-order valence-electron chi connectivity index (χ2n) is 5.87. The van der Waals surface area contributed by atoms with Crippen LogP contribution in [0, 0.1) is 6.92 Å². The van der Waals surface area contributed by atoms with E-state index in [1.165, 1.54) is 37.9 Å². The van der Waals surface area contributed by atoms with E-state index in [2.05, 4.69) is 58.4 Å². The molecule has 1 fully saturated rings. The maximum Gasteiger partial charge on any atom is 0.119 e. The summed E-state index contributed by atoms with van der Waals surface area (Å²) in [6.07, 6.45) is 4.11. The van der Waals surface area contributed by atoms with Crippen LogP contribution in [0.25, 0.3) is 11.3 Å². The van der Waals surface area contributed by atoms with Gasteiger partial charge in [-0.05, 0) is 45.0 Å². The Kier molecular flexibility index (Phi) is 5.46. The molecule has 3 nitrogen and oxygen atoms in total. The summed E-state index contributed by atoms with van der Waals surface area (Å²) < 4.78 is 0. The fraction of sp³-hybridized carbons (Fsp3) is 0.444. The van der Waals surface area contributed by atoms with E-state index in [0.29, 0.717) is 0 Å². The van der Waals surface area contributed by atoms with Crippen molar-refractivity contribution in [3.8, 4) is 11.3 Å². The molecule has 0 N–H and O–H groups in total. The zero-order valence-corrected chi connectivity index (χ0v) is 14.0. The molecule has 2 aromatic rings. The molecule has 0 amide bonds. The van der Waals surface area contributed by atoms with E-state index >= 15 is 0 Å². The van der Waals surface area contributed by atoms with Crippen molar-refractivity contribution in [2.24, 2.45) is 0 Å². The highest BCUT2D eigenvalue weighted by molar-refractivity contribution is 7.99. The minimum absolute atomic E-state index is 0.945. The minimum atomic E-state index is 0.945. The summed E-state index contributed by atoms with van der Waals surface area (Å²) >= 11 is 1.81. The lowest BCUT2D eigenvalue weighted by atomic mass is 10.1. The largest absolute Gasteiger partial charge is 0.303 e. The summed E-state index contributed by atoms with van der Waals surface area (Å²) in [6.45, 7) is 5.78. The molecule has 1 aromatic carbocycles. The number of hydrogen-bond donors (Lipinski definition) is 0. The van der Waals surface area contributed by atoms with Gasteiger partial charge in [0.15, 0.2) is 0 Å². The lowest BCUT2D eigenvalue weighted by Gasteiger charge is -2.25. The van der Waals surface area contributed by atoms with Gasteiger partial charge in [0, 0.05) is 17.9 Å². The second kappa shape index (κ2) is 7.75. The molecule has 116 valence electrons. The van der Waals surface area contributed by atoms with Crippen molar-refractivity contribution in [1.29, 1.82) is 0 Å². The molecular formula is C18H23N3S. The van der Waals surface area contributed by atoms with Gasteiger partial charge in [-0.25, -0.2) is 0 Å². The number of benzene rings is 1. The fourth-order valence-corrected chi connectivity index (χ4v) is 3.56. The second-order valence-corrected chi connectivity index (χ2v) is 6.99. The first-order valence-electron chi connectivity index (χ1n) is 8.07. The van der Waals surface area contributed by atoms with Crippen molar-refractivity contribution in [3.63, 3.8) is 0 Å². The van der Waals surface area contributed by atoms with Gasteiger partial charge in [-0.15, -0.1) is 22.0 Å². The van der Waals surface area contributed by atoms with Crippen molar-refractivity contribution in [2.45, 2.75) is 31.2 Å². The molecule has 0 atom stereocenters. The Hall–Kier alpha value is -1.39. The SMILES string of the molecule is Cc1ccc(-c2ccc(SCCN3CCCCC3)nn2)cc1. The predicted octanol–water partition coefficient (Wildman–Crippen LogP) is 4.03. The van der Waals surface area contributed by atoms with E-state index in [4.69, 9.17) is 0 Å². The van der Waals surface area contributed by atoms with Crippen molar-refractivity contribution in [1.82, 2.24) is 15.1 Å². The Balaban J connectivity index is 1.51. The van der Waals surface area contributed by atoms with Gasteiger partial charge < -0.3 is 4.90 Å². The van der Waals surface area contributed by atoms with Crippen molar-refractivity contribution >= 4 is 11.8 Å². The summed E-state index contributed by atoms with van der Waals surface area (Å²) in [5.41, 5.74) is 3.34. The van der Waals surface area contributed by atoms with Crippen LogP contribution in [0.4, 0.5) is 0 Å². The van der Waals surface area contributed by atoms with Crippen LogP contribution in [0.15, 0.2) is 41.4 Å². The average Bonchev–Trinajstić information content (AvgIpc) is 2.57. The highest BCUT2D eigenvalue weighted by Gasteiger charge is 2.09. The molecule has 1 aliphatic rings. The Morgan fingerprint density at radius 1 is 0.955 bits per heavy atom. The lowest BCUT2D eigenvalue weighted by Crippen LogP contribution is -2.31. The first kappa shape index (κ1) is 15.5. The molecular weight excluding hydrogens is 290 g/mol. The minimum Gasteiger partial charge on any atom is -0.303 e. The van der Waals surface area contributed by atoms with Crippen LogP contribution >= 0.6 is 11.8 Å². The topological polar surface area (TPSA) is 29.0 Å². The summed E-state index contributed by atoms with van der Waals surface area (Å²) in [5, 5.41) is 9.74. The van der Waals surface area contributed by atoms with Gasteiger partial charge in [0.05, 0.1) is 5.69 Å². The van der Waals surface area contributed by atoms with E-state index in [9.17, 15) is 0 Å². The van der Waals surface area contributed by atoms with Gasteiger partial charge in [-0.2, -0.15) is 0 Å². The highest BCUT2D eigenvalue weighted by atomic mass is 32.2. The number of likely N-dealkylation sites (tertiary alicyclic amines) is 1. The van der Waals surface area contributed by atoms with Gasteiger partial charge in [0.1, 0.15) is 5.03 Å². The van der Waals surface area contributed by atoms with Gasteiger partial charge in [0.25, 0.3) is 0 Å². The molecule has 0 saturated carbocycles. The molecule has 0 bridgehead atoms. The van der Waals surface area contributed by atoms with Crippen molar-refractivity contribution in [3.05, 3.63) is 42.0 Å². The quantitative estimate of drug-likeness (QED) is 0.779. The van der Waals surface area contributed by atoms with Gasteiger partial charge in [-0.3, -0.25) is 0 Å². The molecule has 0 spiro atoms. The molecule has 1 aromatic heterocycles. The van der Waals surface area contributed by atoms with Crippen LogP contribution in [0.2, 0.25) is 0 Å². The Labute approximate surface area is 137 Å². The molecule has 2 heterocycles. The number of aryl methyl sites for hydroxylation is 1. The molecule has 0 unspecified atom stereocenters. The molecule has 1 aliphatic heterocycles. The van der Waals surface area contributed by atoms with E-state index in [1.54, 1.807) is 11.8 Å². The number of thioether (sulfide) groups is 1. The standard InChI is InChI=1S/C18H23N3S/c1-15-5-7-16(8-6-15)17-9-10-18(20-19-17)22-14-13-21-11-3-2-4-12-21/h5-10H,2-4,11-14H2,1H3. The van der Waals surface area contributed by atoms with E-state index in [1.807, 2.05) is 0 Å². The molecule has 22 heavy (non-hydrogen) atoms. The van der Waals surface area contributed by atoms with Crippen LogP contribution < -0.4 is 0 Å². The zero-order valence-electron chi connectivity index (χ0n) is 13.2.